The van der Waals surface area contributed by atoms with Gasteiger partial charge in [-0.05, 0) is 37.0 Å². The number of hydrogen-bond donors (Lipinski definition) is 2. The number of nitrogens with one attached hydrogen (secondary N) is 2. The zero-order valence-electron chi connectivity index (χ0n) is 10.2. The first-order valence-corrected chi connectivity index (χ1v) is 6.57. The maximum absolute atomic E-state index is 11.1. The number of benzene rings is 1. The maximum Gasteiger partial charge on any atom is 0.217 e. The average Bonchev–Trinajstić information content (AvgIpc) is 2.65. The highest BCUT2D eigenvalue weighted by Crippen LogP contribution is 2.30. The van der Waals surface area contributed by atoms with Crippen molar-refractivity contribution in [3.63, 3.8) is 0 Å². The number of carbonyl (C=O) groups excluding carboxylic acids is 1. The molecular formula is C14H15ClN2O. The Morgan fingerprint density at radius 3 is 3.11 bits per heavy atom. The molecule has 0 saturated heterocycles. The normalized spacial score (nSPS) is 18.7. The molecular weight excluding hydrogens is 248 g/mol. The molecule has 0 radical (unpaired) electrons. The summed E-state index contributed by atoms with van der Waals surface area (Å²) in [4.78, 5) is 14.6. The van der Waals surface area contributed by atoms with Gasteiger partial charge in [-0.1, -0.05) is 17.7 Å². The SMILES string of the molecule is CC(=O)NC1CCc2[nH]c3cc(Cl)ccc3c2C1. The summed E-state index contributed by atoms with van der Waals surface area (Å²) in [5.74, 6) is 0.0475. The fourth-order valence-corrected chi connectivity index (χ4v) is 2.98. The highest BCUT2D eigenvalue weighted by Gasteiger charge is 2.22. The van der Waals surface area contributed by atoms with Crippen molar-refractivity contribution in [3.05, 3.63) is 34.5 Å². The smallest absolute Gasteiger partial charge is 0.217 e. The Labute approximate surface area is 111 Å². The molecule has 18 heavy (non-hydrogen) atoms. The molecule has 0 spiro atoms. The molecule has 3 nitrogen and oxygen atoms in total. The van der Waals surface area contributed by atoms with Gasteiger partial charge >= 0.3 is 0 Å². The summed E-state index contributed by atoms with van der Waals surface area (Å²) >= 11 is 6.00. The summed E-state index contributed by atoms with van der Waals surface area (Å²) < 4.78 is 0. The van der Waals surface area contributed by atoms with Crippen molar-refractivity contribution in [3.8, 4) is 0 Å². The van der Waals surface area contributed by atoms with Crippen LogP contribution in [-0.4, -0.2) is 16.9 Å². The lowest BCUT2D eigenvalue weighted by Gasteiger charge is -2.22. The molecule has 1 heterocycles. The number of fused-ring (bicyclic) bond motifs is 3. The Hall–Kier alpha value is -1.48. The Kier molecular flexibility index (Phi) is 2.78. The van der Waals surface area contributed by atoms with E-state index in [9.17, 15) is 4.79 Å². The van der Waals surface area contributed by atoms with Crippen LogP contribution < -0.4 is 5.32 Å². The van der Waals surface area contributed by atoms with Crippen LogP contribution >= 0.6 is 11.6 Å². The number of carbonyl (C=O) groups is 1. The molecule has 1 atom stereocenters. The van der Waals surface area contributed by atoms with Gasteiger partial charge in [0.05, 0.1) is 0 Å². The van der Waals surface area contributed by atoms with Gasteiger partial charge in [0.2, 0.25) is 5.91 Å². The zero-order valence-corrected chi connectivity index (χ0v) is 11.0. The minimum atomic E-state index is 0.0475. The van der Waals surface area contributed by atoms with Gasteiger partial charge in [0.25, 0.3) is 0 Å². The van der Waals surface area contributed by atoms with Crippen molar-refractivity contribution >= 4 is 28.4 Å². The Bertz CT molecular complexity index is 618. The third-order valence-corrected chi connectivity index (χ3v) is 3.79. The van der Waals surface area contributed by atoms with Crippen LogP contribution in [0.4, 0.5) is 0 Å². The van der Waals surface area contributed by atoms with Crippen molar-refractivity contribution < 1.29 is 4.79 Å². The van der Waals surface area contributed by atoms with Gasteiger partial charge in [0.1, 0.15) is 0 Å². The second-order valence-corrected chi connectivity index (χ2v) is 5.35. The molecule has 2 aromatic rings. The van der Waals surface area contributed by atoms with E-state index in [1.807, 2.05) is 12.1 Å². The van der Waals surface area contributed by atoms with Crippen LogP contribution in [0, 0.1) is 0 Å². The first-order valence-electron chi connectivity index (χ1n) is 6.19. The molecule has 1 unspecified atom stereocenters. The second kappa shape index (κ2) is 4.32. The molecule has 0 saturated carbocycles. The molecule has 1 aliphatic carbocycles. The Morgan fingerprint density at radius 2 is 2.33 bits per heavy atom. The Balaban J connectivity index is 1.99. The number of rotatable bonds is 1. The Morgan fingerprint density at radius 1 is 1.50 bits per heavy atom. The van der Waals surface area contributed by atoms with E-state index in [0.29, 0.717) is 0 Å². The van der Waals surface area contributed by atoms with E-state index in [4.69, 9.17) is 11.6 Å². The summed E-state index contributed by atoms with van der Waals surface area (Å²) in [5.41, 5.74) is 3.71. The molecule has 0 fully saturated rings. The number of hydrogen-bond acceptors (Lipinski definition) is 1. The van der Waals surface area contributed by atoms with Crippen LogP contribution in [0.3, 0.4) is 0 Å². The molecule has 1 aromatic heterocycles. The number of H-pyrrole nitrogens is 1. The van der Waals surface area contributed by atoms with E-state index in [-0.39, 0.29) is 11.9 Å². The fraction of sp³-hybridized carbons (Fsp3) is 0.357. The summed E-state index contributed by atoms with van der Waals surface area (Å²) in [7, 11) is 0. The molecule has 94 valence electrons. The molecule has 1 amide bonds. The van der Waals surface area contributed by atoms with Crippen molar-refractivity contribution in [1.82, 2.24) is 10.3 Å². The third kappa shape index (κ3) is 1.99. The largest absolute Gasteiger partial charge is 0.358 e. The van der Waals surface area contributed by atoms with Gasteiger partial charge in [-0.2, -0.15) is 0 Å². The fourth-order valence-electron chi connectivity index (χ4n) is 2.81. The lowest BCUT2D eigenvalue weighted by atomic mass is 9.91. The van der Waals surface area contributed by atoms with Gasteiger partial charge in [0, 0.05) is 34.6 Å². The quantitative estimate of drug-likeness (QED) is 0.816. The van der Waals surface area contributed by atoms with Crippen LogP contribution in [0.25, 0.3) is 10.9 Å². The van der Waals surface area contributed by atoms with Crippen LogP contribution in [0.2, 0.25) is 5.02 Å². The molecule has 0 bridgehead atoms. The molecule has 1 aromatic carbocycles. The van der Waals surface area contributed by atoms with E-state index in [2.05, 4.69) is 16.4 Å². The third-order valence-electron chi connectivity index (χ3n) is 3.56. The maximum atomic E-state index is 11.1. The zero-order chi connectivity index (χ0) is 12.7. The van der Waals surface area contributed by atoms with Crippen molar-refractivity contribution in [2.45, 2.75) is 32.2 Å². The molecule has 0 aliphatic heterocycles. The van der Waals surface area contributed by atoms with E-state index < -0.39 is 0 Å². The average molecular weight is 263 g/mol. The van der Waals surface area contributed by atoms with Crippen LogP contribution in [0.1, 0.15) is 24.6 Å². The molecule has 4 heteroatoms. The van der Waals surface area contributed by atoms with Crippen molar-refractivity contribution in [2.24, 2.45) is 0 Å². The van der Waals surface area contributed by atoms with E-state index in [0.717, 1.165) is 29.8 Å². The highest BCUT2D eigenvalue weighted by molar-refractivity contribution is 6.31. The van der Waals surface area contributed by atoms with Gasteiger partial charge in [-0.25, -0.2) is 0 Å². The number of aromatic nitrogens is 1. The number of aryl methyl sites for hydroxylation is 1. The van der Waals surface area contributed by atoms with Gasteiger partial charge in [-0.3, -0.25) is 4.79 Å². The van der Waals surface area contributed by atoms with Crippen LogP contribution in [-0.2, 0) is 17.6 Å². The number of aromatic amines is 1. The summed E-state index contributed by atoms with van der Waals surface area (Å²) in [5, 5.41) is 4.99. The number of amides is 1. The van der Waals surface area contributed by atoms with Crippen molar-refractivity contribution in [1.29, 1.82) is 0 Å². The molecule has 1 aliphatic rings. The lowest BCUT2D eigenvalue weighted by molar-refractivity contribution is -0.119. The van der Waals surface area contributed by atoms with Gasteiger partial charge in [0.15, 0.2) is 0 Å². The van der Waals surface area contributed by atoms with E-state index in [1.54, 1.807) is 6.92 Å². The topological polar surface area (TPSA) is 44.9 Å². The number of halogens is 1. The van der Waals surface area contributed by atoms with Crippen LogP contribution in [0.15, 0.2) is 18.2 Å². The van der Waals surface area contributed by atoms with E-state index >= 15 is 0 Å². The monoisotopic (exact) mass is 262 g/mol. The highest BCUT2D eigenvalue weighted by atomic mass is 35.5. The molecule has 3 rings (SSSR count). The minimum Gasteiger partial charge on any atom is -0.358 e. The summed E-state index contributed by atoms with van der Waals surface area (Å²) in [6.45, 7) is 1.57. The predicted molar refractivity (Wildman–Crippen MR) is 72.9 cm³/mol. The van der Waals surface area contributed by atoms with Gasteiger partial charge < -0.3 is 10.3 Å². The first kappa shape index (κ1) is 11.6. The summed E-state index contributed by atoms with van der Waals surface area (Å²) in [6, 6.07) is 6.19. The summed E-state index contributed by atoms with van der Waals surface area (Å²) in [6.07, 6.45) is 2.87. The predicted octanol–water partition coefficient (Wildman–Crippen LogP) is 2.81. The van der Waals surface area contributed by atoms with Crippen molar-refractivity contribution in [2.75, 3.05) is 0 Å². The second-order valence-electron chi connectivity index (χ2n) is 4.91. The van der Waals surface area contributed by atoms with Crippen LogP contribution in [0.5, 0.6) is 0 Å². The lowest BCUT2D eigenvalue weighted by Crippen LogP contribution is -2.37. The first-order chi connectivity index (χ1) is 8.63. The van der Waals surface area contributed by atoms with Gasteiger partial charge in [-0.15, -0.1) is 0 Å². The molecule has 2 N–H and O–H groups in total. The standard InChI is InChI=1S/C14H15ClN2O/c1-8(18)16-10-3-5-13-12(7-10)11-4-2-9(15)6-14(11)17-13/h2,4,6,10,17H,3,5,7H2,1H3,(H,16,18). The van der Waals surface area contributed by atoms with E-state index in [1.165, 1.54) is 16.6 Å². The minimum absolute atomic E-state index is 0.0475.